The number of rotatable bonds is 3. The van der Waals surface area contributed by atoms with Crippen LogP contribution in [0.15, 0.2) is 18.2 Å². The average Bonchev–Trinajstić information content (AvgIpc) is 2.12. The summed E-state index contributed by atoms with van der Waals surface area (Å²) in [4.78, 5) is 10.1. The van der Waals surface area contributed by atoms with Crippen molar-refractivity contribution in [2.75, 3.05) is 0 Å². The zero-order chi connectivity index (χ0) is 11.6. The topological polar surface area (TPSA) is 46.5 Å². The van der Waals surface area contributed by atoms with Crippen molar-refractivity contribution in [2.45, 2.75) is 20.0 Å². The van der Waals surface area contributed by atoms with Crippen molar-refractivity contribution in [2.24, 2.45) is 0 Å². The van der Waals surface area contributed by atoms with E-state index in [1.165, 1.54) is 12.1 Å². The Kier molecular flexibility index (Phi) is 2.93. The molecule has 0 bridgehead atoms. The molecule has 0 aromatic heterocycles. The number of hydrogen-bond donors (Lipinski definition) is 1. The van der Waals surface area contributed by atoms with E-state index in [-0.39, 0.29) is 5.75 Å². The van der Waals surface area contributed by atoms with Gasteiger partial charge in [0.25, 0.3) is 0 Å². The number of benzene rings is 1. The van der Waals surface area contributed by atoms with Gasteiger partial charge in [0.2, 0.25) is 0 Å². The molecule has 82 valence electrons. The molecule has 3 nitrogen and oxygen atoms in total. The van der Waals surface area contributed by atoms with Crippen molar-refractivity contribution in [3.05, 3.63) is 29.3 Å². The third-order valence-corrected chi connectivity index (χ3v) is 2.04. The van der Waals surface area contributed by atoms with Crippen LogP contribution in [0.1, 0.15) is 11.1 Å². The summed E-state index contributed by atoms with van der Waals surface area (Å²) in [7, 11) is 0. The van der Waals surface area contributed by atoms with Crippen LogP contribution in [0.25, 0.3) is 0 Å². The molecule has 0 atom stereocenters. The Morgan fingerprint density at radius 3 is 2.53 bits per heavy atom. The Balaban J connectivity index is 3.00. The Hall–Kier alpha value is -1.65. The number of hydrogen-bond acceptors (Lipinski definition) is 2. The van der Waals surface area contributed by atoms with Gasteiger partial charge in [0.05, 0.1) is 0 Å². The van der Waals surface area contributed by atoms with Crippen molar-refractivity contribution in [3.8, 4) is 5.75 Å². The van der Waals surface area contributed by atoms with Crippen LogP contribution in [0.3, 0.4) is 0 Å². The van der Waals surface area contributed by atoms with E-state index in [9.17, 15) is 13.6 Å². The van der Waals surface area contributed by atoms with Gasteiger partial charge in [-0.3, -0.25) is 0 Å². The first-order valence-electron chi connectivity index (χ1n) is 4.21. The van der Waals surface area contributed by atoms with E-state index in [4.69, 9.17) is 5.11 Å². The van der Waals surface area contributed by atoms with E-state index in [1.807, 2.05) is 0 Å². The summed E-state index contributed by atoms with van der Waals surface area (Å²) in [5.41, 5.74) is 1.26. The highest BCUT2D eigenvalue weighted by Gasteiger charge is 2.42. The van der Waals surface area contributed by atoms with Gasteiger partial charge in [-0.2, -0.15) is 8.78 Å². The lowest BCUT2D eigenvalue weighted by Gasteiger charge is -2.15. The van der Waals surface area contributed by atoms with Crippen LogP contribution in [-0.2, 0) is 4.79 Å². The largest absolute Gasteiger partial charge is 0.501 e. The maximum atomic E-state index is 12.7. The molecule has 0 saturated heterocycles. The standard InChI is InChI=1S/C10H10F2O3/c1-6-4-3-5-8(7(6)2)15-10(11,12)9(13)14/h3-5H,1-2H3,(H,13,14). The highest BCUT2D eigenvalue weighted by molar-refractivity contribution is 5.74. The quantitative estimate of drug-likeness (QED) is 0.843. The minimum Gasteiger partial charge on any atom is -0.474 e. The lowest BCUT2D eigenvalue weighted by Crippen LogP contribution is -2.35. The smallest absolute Gasteiger partial charge is 0.474 e. The number of alkyl halides is 2. The van der Waals surface area contributed by atoms with Gasteiger partial charge in [-0.15, -0.1) is 0 Å². The lowest BCUT2D eigenvalue weighted by molar-refractivity contribution is -0.211. The van der Waals surface area contributed by atoms with Crippen LogP contribution in [0.4, 0.5) is 8.78 Å². The van der Waals surface area contributed by atoms with E-state index < -0.39 is 12.1 Å². The number of halogens is 2. The van der Waals surface area contributed by atoms with Gasteiger partial charge >= 0.3 is 12.1 Å². The molecule has 15 heavy (non-hydrogen) atoms. The van der Waals surface area contributed by atoms with E-state index >= 15 is 0 Å². The maximum absolute atomic E-state index is 12.7. The first kappa shape index (κ1) is 11.4. The van der Waals surface area contributed by atoms with Gasteiger partial charge in [0.1, 0.15) is 5.75 Å². The molecule has 0 spiro atoms. The second-order valence-electron chi connectivity index (χ2n) is 3.12. The van der Waals surface area contributed by atoms with E-state index in [0.717, 1.165) is 5.56 Å². The molecule has 0 fully saturated rings. The summed E-state index contributed by atoms with van der Waals surface area (Å²) in [6.45, 7) is 3.31. The Labute approximate surface area is 85.3 Å². The monoisotopic (exact) mass is 216 g/mol. The van der Waals surface area contributed by atoms with E-state index in [2.05, 4.69) is 4.74 Å². The predicted octanol–water partition coefficient (Wildman–Crippen LogP) is 2.36. The average molecular weight is 216 g/mol. The molecule has 5 heteroatoms. The molecule has 1 aromatic carbocycles. The summed E-state index contributed by atoms with van der Waals surface area (Å²) >= 11 is 0. The minimum absolute atomic E-state index is 0.123. The predicted molar refractivity (Wildman–Crippen MR) is 49.1 cm³/mol. The number of aliphatic carboxylic acids is 1. The van der Waals surface area contributed by atoms with Crippen LogP contribution in [0, 0.1) is 13.8 Å². The van der Waals surface area contributed by atoms with Gasteiger partial charge in [-0.25, -0.2) is 4.79 Å². The molecule has 0 aliphatic rings. The second-order valence-corrected chi connectivity index (χ2v) is 3.12. The zero-order valence-electron chi connectivity index (χ0n) is 8.25. The molecule has 0 radical (unpaired) electrons. The third kappa shape index (κ3) is 2.43. The maximum Gasteiger partial charge on any atom is 0.501 e. The number of carbonyl (C=O) groups is 1. The van der Waals surface area contributed by atoms with Gasteiger partial charge in [-0.05, 0) is 31.0 Å². The van der Waals surface area contributed by atoms with E-state index in [0.29, 0.717) is 5.56 Å². The van der Waals surface area contributed by atoms with Gasteiger partial charge in [0, 0.05) is 0 Å². The van der Waals surface area contributed by atoms with Crippen LogP contribution in [0.5, 0.6) is 5.75 Å². The van der Waals surface area contributed by atoms with Crippen molar-refractivity contribution in [1.29, 1.82) is 0 Å². The molecule has 1 rings (SSSR count). The molecular formula is C10H10F2O3. The number of aryl methyl sites for hydroxylation is 1. The van der Waals surface area contributed by atoms with Crippen molar-refractivity contribution >= 4 is 5.97 Å². The number of carboxylic acids is 1. The highest BCUT2D eigenvalue weighted by Crippen LogP contribution is 2.26. The van der Waals surface area contributed by atoms with Crippen LogP contribution < -0.4 is 4.74 Å². The first-order chi connectivity index (χ1) is 6.84. The van der Waals surface area contributed by atoms with Crippen LogP contribution >= 0.6 is 0 Å². The lowest BCUT2D eigenvalue weighted by atomic mass is 10.1. The molecule has 0 amide bonds. The molecule has 0 heterocycles. The van der Waals surface area contributed by atoms with Crippen LogP contribution in [0.2, 0.25) is 0 Å². The van der Waals surface area contributed by atoms with Gasteiger partial charge in [-0.1, -0.05) is 12.1 Å². The number of carboxylic acid groups (broad SMARTS) is 1. The normalized spacial score (nSPS) is 11.2. The Bertz CT molecular complexity index is 388. The molecular weight excluding hydrogens is 206 g/mol. The van der Waals surface area contributed by atoms with Crippen molar-refractivity contribution < 1.29 is 23.4 Å². The van der Waals surface area contributed by atoms with Gasteiger partial charge in [0.15, 0.2) is 0 Å². The highest BCUT2D eigenvalue weighted by atomic mass is 19.3. The Morgan fingerprint density at radius 2 is 2.00 bits per heavy atom. The molecule has 0 saturated carbocycles. The summed E-state index contributed by atoms with van der Waals surface area (Å²) in [6, 6.07) is 4.55. The molecule has 0 aliphatic carbocycles. The SMILES string of the molecule is Cc1cccc(OC(F)(F)C(=O)O)c1C. The summed E-state index contributed by atoms with van der Waals surface area (Å²) in [5.74, 6) is -2.43. The van der Waals surface area contributed by atoms with Gasteiger partial charge < -0.3 is 9.84 Å². The first-order valence-corrected chi connectivity index (χ1v) is 4.21. The fraction of sp³-hybridized carbons (Fsp3) is 0.300. The molecule has 1 aromatic rings. The molecule has 0 unspecified atom stereocenters. The number of ether oxygens (including phenoxy) is 1. The minimum atomic E-state index is -4.20. The van der Waals surface area contributed by atoms with Crippen molar-refractivity contribution in [1.82, 2.24) is 0 Å². The summed E-state index contributed by atoms with van der Waals surface area (Å²) in [6.07, 6.45) is -4.20. The summed E-state index contributed by atoms with van der Waals surface area (Å²) in [5, 5.41) is 8.19. The molecule has 0 aliphatic heterocycles. The third-order valence-electron chi connectivity index (χ3n) is 2.04. The van der Waals surface area contributed by atoms with E-state index in [1.54, 1.807) is 19.9 Å². The fourth-order valence-electron chi connectivity index (χ4n) is 1.02. The van der Waals surface area contributed by atoms with Crippen molar-refractivity contribution in [3.63, 3.8) is 0 Å². The second kappa shape index (κ2) is 3.84. The fourth-order valence-corrected chi connectivity index (χ4v) is 1.02. The molecule has 1 N–H and O–H groups in total. The summed E-state index contributed by atoms with van der Waals surface area (Å²) < 4.78 is 29.6. The zero-order valence-corrected chi connectivity index (χ0v) is 8.25. The Morgan fingerprint density at radius 1 is 1.40 bits per heavy atom. The van der Waals surface area contributed by atoms with Crippen LogP contribution in [-0.4, -0.2) is 17.2 Å².